The number of hydrogen-bond acceptors (Lipinski definition) is 6. The maximum absolute atomic E-state index is 13.5. The van der Waals surface area contributed by atoms with E-state index in [9.17, 15) is 4.39 Å². The molecule has 1 atom stereocenters. The molecule has 0 amide bonds. The van der Waals surface area contributed by atoms with Crippen LogP contribution in [0.15, 0.2) is 72.8 Å². The second-order valence-electron chi connectivity index (χ2n) is 9.71. The highest BCUT2D eigenvalue weighted by molar-refractivity contribution is 7.22. The van der Waals surface area contributed by atoms with E-state index in [-0.39, 0.29) is 11.9 Å². The molecule has 0 aliphatic carbocycles. The maximum atomic E-state index is 13.5. The Morgan fingerprint density at radius 1 is 0.944 bits per heavy atom. The Hall–Kier alpha value is -3.16. The smallest absolute Gasteiger partial charge is 0.186 e. The molecule has 6 rings (SSSR count). The van der Waals surface area contributed by atoms with Crippen molar-refractivity contribution in [1.29, 1.82) is 0 Å². The summed E-state index contributed by atoms with van der Waals surface area (Å²) < 4.78 is 26.8. The van der Waals surface area contributed by atoms with Crippen LogP contribution in [0.25, 0.3) is 10.2 Å². The maximum Gasteiger partial charge on any atom is 0.186 e. The highest BCUT2D eigenvalue weighted by Crippen LogP contribution is 2.33. The van der Waals surface area contributed by atoms with Gasteiger partial charge in [-0.3, -0.25) is 4.90 Å². The van der Waals surface area contributed by atoms with Crippen molar-refractivity contribution in [3.8, 4) is 11.5 Å². The van der Waals surface area contributed by atoms with E-state index in [1.165, 1.54) is 4.70 Å². The van der Waals surface area contributed by atoms with Gasteiger partial charge in [-0.2, -0.15) is 0 Å². The highest BCUT2D eigenvalue weighted by atomic mass is 32.1. The molecule has 1 saturated heterocycles. The molecule has 2 aliphatic rings. The Labute approximate surface area is 215 Å². The van der Waals surface area contributed by atoms with Crippen molar-refractivity contribution in [1.82, 2.24) is 9.88 Å². The third-order valence-corrected chi connectivity index (χ3v) is 8.15. The topological polar surface area (TPSA) is 37.8 Å². The zero-order valence-corrected chi connectivity index (χ0v) is 21.0. The summed E-state index contributed by atoms with van der Waals surface area (Å²) in [6.07, 6.45) is 2.33. The molecule has 1 unspecified atom stereocenters. The predicted octanol–water partition coefficient (Wildman–Crippen LogP) is 5.99. The number of fused-ring (bicyclic) bond motifs is 2. The number of thiazole rings is 1. The van der Waals surface area contributed by atoms with Crippen molar-refractivity contribution >= 4 is 26.7 Å². The van der Waals surface area contributed by atoms with Gasteiger partial charge in [-0.15, -0.1) is 0 Å². The number of aromatic nitrogens is 1. The molecule has 0 saturated carbocycles. The Morgan fingerprint density at radius 2 is 1.69 bits per heavy atom. The van der Waals surface area contributed by atoms with Crippen LogP contribution in [0.5, 0.6) is 11.5 Å². The molecule has 7 heteroatoms. The number of nitrogens with zero attached hydrogens (tertiary/aromatic N) is 3. The van der Waals surface area contributed by atoms with Gasteiger partial charge in [0.2, 0.25) is 0 Å². The molecule has 36 heavy (non-hydrogen) atoms. The van der Waals surface area contributed by atoms with Crippen molar-refractivity contribution in [2.75, 3.05) is 37.7 Å². The summed E-state index contributed by atoms with van der Waals surface area (Å²) in [6.45, 7) is 5.26. The Kier molecular flexibility index (Phi) is 6.75. The van der Waals surface area contributed by atoms with Gasteiger partial charge in [-0.25, -0.2) is 9.37 Å². The van der Waals surface area contributed by atoms with Crippen LogP contribution < -0.4 is 14.4 Å². The number of benzene rings is 3. The van der Waals surface area contributed by atoms with E-state index < -0.39 is 0 Å². The summed E-state index contributed by atoms with van der Waals surface area (Å²) in [5, 5.41) is 1.04. The second-order valence-corrected chi connectivity index (χ2v) is 10.7. The van der Waals surface area contributed by atoms with Gasteiger partial charge >= 0.3 is 0 Å². The lowest BCUT2D eigenvalue weighted by atomic mass is 9.96. The number of likely N-dealkylation sites (tertiary alicyclic amines) is 1. The highest BCUT2D eigenvalue weighted by Gasteiger charge is 2.27. The van der Waals surface area contributed by atoms with Crippen LogP contribution in [0.3, 0.4) is 0 Å². The molecular formula is C29H30FN3O2S. The van der Waals surface area contributed by atoms with Crippen molar-refractivity contribution in [3.05, 3.63) is 84.2 Å². The summed E-state index contributed by atoms with van der Waals surface area (Å²) in [5.41, 5.74) is 2.13. The minimum atomic E-state index is -0.200. The van der Waals surface area contributed by atoms with Gasteiger partial charge in [0.1, 0.15) is 18.5 Å². The predicted molar refractivity (Wildman–Crippen MR) is 143 cm³/mol. The third kappa shape index (κ3) is 5.32. The summed E-state index contributed by atoms with van der Waals surface area (Å²) in [5.74, 6) is 2.06. The molecule has 1 aromatic heterocycles. The van der Waals surface area contributed by atoms with Crippen molar-refractivity contribution < 1.29 is 13.9 Å². The van der Waals surface area contributed by atoms with Crippen LogP contribution in [0.2, 0.25) is 0 Å². The molecule has 0 radical (unpaired) electrons. The zero-order chi connectivity index (χ0) is 24.3. The first-order valence-corrected chi connectivity index (χ1v) is 13.5. The molecule has 186 valence electrons. The van der Waals surface area contributed by atoms with Gasteiger partial charge in [-0.05, 0) is 73.8 Å². The van der Waals surface area contributed by atoms with Gasteiger partial charge in [-0.1, -0.05) is 47.7 Å². The quantitative estimate of drug-likeness (QED) is 0.310. The SMILES string of the molecule is Fc1ccc(CN(CC2CCN(CC3COc4ccccc4O3)CC2)c2nc3ccccc3s2)cc1. The number of ether oxygens (including phenoxy) is 2. The molecule has 4 aromatic rings. The molecule has 1 fully saturated rings. The molecular weight excluding hydrogens is 473 g/mol. The lowest BCUT2D eigenvalue weighted by Crippen LogP contribution is -2.45. The first-order valence-electron chi connectivity index (χ1n) is 12.7. The molecule has 0 bridgehead atoms. The fourth-order valence-electron chi connectivity index (χ4n) is 5.12. The van der Waals surface area contributed by atoms with Gasteiger partial charge in [0.05, 0.1) is 10.2 Å². The summed E-state index contributed by atoms with van der Waals surface area (Å²) >= 11 is 1.73. The van der Waals surface area contributed by atoms with Gasteiger partial charge in [0.15, 0.2) is 16.6 Å². The summed E-state index contributed by atoms with van der Waals surface area (Å²) in [7, 11) is 0. The van der Waals surface area contributed by atoms with E-state index in [1.54, 1.807) is 23.5 Å². The average Bonchev–Trinajstić information content (AvgIpc) is 3.35. The number of piperidine rings is 1. The van der Waals surface area contributed by atoms with E-state index in [1.807, 2.05) is 42.5 Å². The van der Waals surface area contributed by atoms with Gasteiger partial charge in [0.25, 0.3) is 0 Å². The number of para-hydroxylation sites is 3. The van der Waals surface area contributed by atoms with Crippen LogP contribution in [0.4, 0.5) is 9.52 Å². The minimum absolute atomic E-state index is 0.0640. The minimum Gasteiger partial charge on any atom is -0.486 e. The van der Waals surface area contributed by atoms with Crippen molar-refractivity contribution in [2.45, 2.75) is 25.5 Å². The summed E-state index contributed by atoms with van der Waals surface area (Å²) in [4.78, 5) is 9.82. The third-order valence-electron chi connectivity index (χ3n) is 7.05. The first kappa shape index (κ1) is 23.3. The van der Waals surface area contributed by atoms with E-state index in [0.717, 1.165) is 73.3 Å². The van der Waals surface area contributed by atoms with Gasteiger partial charge in [0, 0.05) is 19.6 Å². The number of rotatable bonds is 7. The lowest BCUT2D eigenvalue weighted by molar-refractivity contribution is 0.0481. The molecule has 3 aromatic carbocycles. The average molecular weight is 504 g/mol. The fraction of sp³-hybridized carbons (Fsp3) is 0.345. The normalized spacial score (nSPS) is 18.4. The molecule has 2 aliphatic heterocycles. The molecule has 3 heterocycles. The van der Waals surface area contributed by atoms with E-state index >= 15 is 0 Å². The Balaban J connectivity index is 1.09. The molecule has 0 N–H and O–H groups in total. The van der Waals surface area contributed by atoms with Crippen LogP contribution in [0.1, 0.15) is 18.4 Å². The monoisotopic (exact) mass is 503 g/mol. The van der Waals surface area contributed by atoms with Crippen LogP contribution >= 0.6 is 11.3 Å². The first-order chi connectivity index (χ1) is 17.7. The van der Waals surface area contributed by atoms with Crippen LogP contribution in [-0.4, -0.2) is 48.8 Å². The van der Waals surface area contributed by atoms with Gasteiger partial charge < -0.3 is 14.4 Å². The number of halogens is 1. The van der Waals surface area contributed by atoms with E-state index in [4.69, 9.17) is 14.5 Å². The fourth-order valence-corrected chi connectivity index (χ4v) is 6.09. The Bertz CT molecular complexity index is 1270. The largest absolute Gasteiger partial charge is 0.486 e. The van der Waals surface area contributed by atoms with Crippen molar-refractivity contribution in [3.63, 3.8) is 0 Å². The Morgan fingerprint density at radius 3 is 2.50 bits per heavy atom. The molecule has 0 spiro atoms. The standard InChI is InChI=1S/C29H30FN3O2S/c30-23-11-9-21(10-12-23)17-33(29-31-25-5-1-4-8-28(25)36-29)18-22-13-15-32(16-14-22)19-24-20-34-26-6-2-3-7-27(26)35-24/h1-12,22,24H,13-20H2. The number of hydrogen-bond donors (Lipinski definition) is 0. The van der Waals surface area contributed by atoms with Crippen LogP contribution in [0, 0.1) is 11.7 Å². The van der Waals surface area contributed by atoms with Crippen LogP contribution in [-0.2, 0) is 6.54 Å². The number of anilines is 1. The molecule has 5 nitrogen and oxygen atoms in total. The van der Waals surface area contributed by atoms with Crippen molar-refractivity contribution in [2.24, 2.45) is 5.92 Å². The van der Waals surface area contributed by atoms with E-state index in [0.29, 0.717) is 12.5 Å². The lowest BCUT2D eigenvalue weighted by Gasteiger charge is -2.37. The second kappa shape index (κ2) is 10.4. The zero-order valence-electron chi connectivity index (χ0n) is 20.2. The van der Waals surface area contributed by atoms with E-state index in [2.05, 4.69) is 28.0 Å². The summed E-state index contributed by atoms with van der Waals surface area (Å²) in [6, 6.07) is 23.0.